The van der Waals surface area contributed by atoms with Gasteiger partial charge in [-0.3, -0.25) is 4.90 Å². The van der Waals surface area contributed by atoms with Crippen LogP contribution in [0.5, 0.6) is 0 Å². The first kappa shape index (κ1) is 15.3. The third-order valence-corrected chi connectivity index (χ3v) is 5.23. The predicted molar refractivity (Wildman–Crippen MR) is 83.5 cm³/mol. The molecule has 1 aliphatic carbocycles. The summed E-state index contributed by atoms with van der Waals surface area (Å²) in [6.07, 6.45) is 7.20. The van der Waals surface area contributed by atoms with Crippen LogP contribution in [0.2, 0.25) is 0 Å². The van der Waals surface area contributed by atoms with Crippen molar-refractivity contribution >= 4 is 0 Å². The Morgan fingerprint density at radius 3 is 2.21 bits per heavy atom. The first-order valence-electron chi connectivity index (χ1n) is 8.38. The molecule has 2 rings (SSSR count). The van der Waals surface area contributed by atoms with E-state index in [1.807, 2.05) is 0 Å². The molecule has 1 N–H and O–H groups in total. The van der Waals surface area contributed by atoms with Gasteiger partial charge in [-0.1, -0.05) is 53.9 Å². The summed E-state index contributed by atoms with van der Waals surface area (Å²) in [7, 11) is 0. The summed E-state index contributed by atoms with van der Waals surface area (Å²) in [6.45, 7) is 14.4. The molecule has 0 aromatic carbocycles. The van der Waals surface area contributed by atoms with Crippen LogP contribution >= 0.6 is 0 Å². The zero-order valence-corrected chi connectivity index (χ0v) is 13.7. The van der Waals surface area contributed by atoms with E-state index in [4.69, 9.17) is 0 Å². The predicted octanol–water partition coefficient (Wildman–Crippen LogP) is 3.66. The number of piperazine rings is 1. The van der Waals surface area contributed by atoms with Crippen LogP contribution in [0.3, 0.4) is 0 Å². The quantitative estimate of drug-likeness (QED) is 0.820. The van der Waals surface area contributed by atoms with E-state index >= 15 is 0 Å². The second kappa shape index (κ2) is 6.13. The fourth-order valence-corrected chi connectivity index (χ4v) is 3.87. The second-order valence-electron chi connectivity index (χ2n) is 8.13. The van der Waals surface area contributed by atoms with Gasteiger partial charge >= 0.3 is 0 Å². The van der Waals surface area contributed by atoms with Gasteiger partial charge in [0.25, 0.3) is 0 Å². The molecule has 112 valence electrons. The van der Waals surface area contributed by atoms with Gasteiger partial charge < -0.3 is 5.32 Å². The fraction of sp³-hybridized carbons (Fsp3) is 1.00. The minimum atomic E-state index is 0.381. The molecular formula is C17H34N2. The van der Waals surface area contributed by atoms with Crippen LogP contribution in [0.4, 0.5) is 0 Å². The van der Waals surface area contributed by atoms with Crippen molar-refractivity contribution < 1.29 is 0 Å². The Morgan fingerprint density at radius 1 is 1.05 bits per heavy atom. The van der Waals surface area contributed by atoms with E-state index < -0.39 is 0 Å². The Balaban J connectivity index is 2.10. The van der Waals surface area contributed by atoms with Gasteiger partial charge in [-0.05, 0) is 24.2 Å². The zero-order valence-electron chi connectivity index (χ0n) is 13.7. The van der Waals surface area contributed by atoms with Gasteiger partial charge in [-0.2, -0.15) is 0 Å². The van der Waals surface area contributed by atoms with Crippen LogP contribution in [-0.2, 0) is 0 Å². The van der Waals surface area contributed by atoms with Gasteiger partial charge in [0.15, 0.2) is 0 Å². The van der Waals surface area contributed by atoms with Gasteiger partial charge in [-0.15, -0.1) is 0 Å². The lowest BCUT2D eigenvalue weighted by Gasteiger charge is -2.51. The molecule has 0 aromatic rings. The first-order chi connectivity index (χ1) is 8.89. The van der Waals surface area contributed by atoms with Crippen LogP contribution in [0.15, 0.2) is 0 Å². The third kappa shape index (κ3) is 3.72. The number of rotatable bonds is 2. The van der Waals surface area contributed by atoms with E-state index in [2.05, 4.69) is 44.8 Å². The highest BCUT2D eigenvalue weighted by Gasteiger charge is 2.39. The summed E-state index contributed by atoms with van der Waals surface area (Å²) in [4.78, 5) is 2.88. The molecule has 2 atom stereocenters. The van der Waals surface area contributed by atoms with Crippen LogP contribution in [0.25, 0.3) is 0 Å². The molecular weight excluding hydrogens is 232 g/mol. The van der Waals surface area contributed by atoms with Crippen molar-refractivity contribution in [1.29, 1.82) is 0 Å². The molecule has 1 aliphatic heterocycles. The minimum absolute atomic E-state index is 0.381. The van der Waals surface area contributed by atoms with Crippen LogP contribution in [0.1, 0.15) is 66.7 Å². The Hall–Kier alpha value is -0.0800. The maximum absolute atomic E-state index is 3.80. The summed E-state index contributed by atoms with van der Waals surface area (Å²) in [5.74, 6) is 0.743. The standard InChI is InChI=1S/C17H34N2/c1-13(2)15-12-19(14-9-7-6-8-10-14)16(11-18-15)17(3,4)5/h13-16,18H,6-12H2,1-5H3. The summed E-state index contributed by atoms with van der Waals surface area (Å²) >= 11 is 0. The maximum atomic E-state index is 3.80. The smallest absolute Gasteiger partial charge is 0.0272 e. The van der Waals surface area contributed by atoms with Gasteiger partial charge in [0.2, 0.25) is 0 Å². The van der Waals surface area contributed by atoms with E-state index in [1.54, 1.807) is 0 Å². The van der Waals surface area contributed by atoms with Gasteiger partial charge in [-0.25, -0.2) is 0 Å². The van der Waals surface area contributed by atoms with E-state index in [9.17, 15) is 0 Å². The summed E-state index contributed by atoms with van der Waals surface area (Å²) in [5.41, 5.74) is 0.381. The molecule has 19 heavy (non-hydrogen) atoms. The Bertz CT molecular complexity index is 273. The molecule has 0 bridgehead atoms. The molecule has 2 fully saturated rings. The van der Waals surface area contributed by atoms with Crippen molar-refractivity contribution in [2.24, 2.45) is 11.3 Å². The lowest BCUT2D eigenvalue weighted by Crippen LogP contribution is -2.64. The molecule has 0 aromatic heterocycles. The third-order valence-electron chi connectivity index (χ3n) is 5.23. The average Bonchev–Trinajstić information content (AvgIpc) is 2.38. The summed E-state index contributed by atoms with van der Waals surface area (Å²) < 4.78 is 0. The van der Waals surface area contributed by atoms with Gasteiger partial charge in [0, 0.05) is 31.2 Å². The molecule has 2 nitrogen and oxygen atoms in total. The van der Waals surface area contributed by atoms with Crippen LogP contribution < -0.4 is 5.32 Å². The van der Waals surface area contributed by atoms with Crippen LogP contribution in [0, 0.1) is 11.3 Å². The highest BCUT2D eigenvalue weighted by Crippen LogP contribution is 2.33. The average molecular weight is 266 g/mol. The fourth-order valence-electron chi connectivity index (χ4n) is 3.87. The highest BCUT2D eigenvalue weighted by molar-refractivity contribution is 4.96. The monoisotopic (exact) mass is 266 g/mol. The molecule has 0 amide bonds. The van der Waals surface area contributed by atoms with Crippen molar-refractivity contribution in [3.63, 3.8) is 0 Å². The van der Waals surface area contributed by atoms with E-state index in [1.165, 1.54) is 45.2 Å². The summed E-state index contributed by atoms with van der Waals surface area (Å²) in [5, 5.41) is 3.80. The SMILES string of the molecule is CC(C)C1CN(C2CCCCC2)C(C(C)(C)C)CN1. The lowest BCUT2D eigenvalue weighted by atomic mass is 9.80. The van der Waals surface area contributed by atoms with Crippen LogP contribution in [-0.4, -0.2) is 36.1 Å². The highest BCUT2D eigenvalue weighted by atomic mass is 15.3. The molecule has 1 saturated carbocycles. The lowest BCUT2D eigenvalue weighted by molar-refractivity contribution is 0.000927. The molecule has 0 radical (unpaired) electrons. The Labute approximate surface area is 120 Å². The molecule has 2 aliphatic rings. The first-order valence-corrected chi connectivity index (χ1v) is 8.38. The number of hydrogen-bond acceptors (Lipinski definition) is 2. The van der Waals surface area contributed by atoms with E-state index in [-0.39, 0.29) is 0 Å². The molecule has 1 heterocycles. The van der Waals surface area contributed by atoms with Crippen molar-refractivity contribution in [1.82, 2.24) is 10.2 Å². The van der Waals surface area contributed by atoms with E-state index in [0.717, 1.165) is 12.0 Å². The summed E-state index contributed by atoms with van der Waals surface area (Å²) in [6, 6.07) is 2.23. The number of hydrogen-bond donors (Lipinski definition) is 1. The van der Waals surface area contributed by atoms with Crippen molar-refractivity contribution in [2.45, 2.75) is 84.8 Å². The van der Waals surface area contributed by atoms with Gasteiger partial charge in [0.1, 0.15) is 0 Å². The van der Waals surface area contributed by atoms with Gasteiger partial charge in [0.05, 0.1) is 0 Å². The molecule has 1 saturated heterocycles. The number of nitrogens with one attached hydrogen (secondary N) is 1. The van der Waals surface area contributed by atoms with Crippen molar-refractivity contribution in [2.75, 3.05) is 13.1 Å². The van der Waals surface area contributed by atoms with Crippen molar-refractivity contribution in [3.8, 4) is 0 Å². The zero-order chi connectivity index (χ0) is 14.0. The number of nitrogens with zero attached hydrogens (tertiary/aromatic N) is 1. The Kier molecular flexibility index (Phi) is 4.94. The normalized spacial score (nSPS) is 31.9. The van der Waals surface area contributed by atoms with Crippen molar-refractivity contribution in [3.05, 3.63) is 0 Å². The maximum Gasteiger partial charge on any atom is 0.0272 e. The second-order valence-corrected chi connectivity index (χ2v) is 8.13. The molecule has 2 unspecified atom stereocenters. The topological polar surface area (TPSA) is 15.3 Å². The largest absolute Gasteiger partial charge is 0.311 e. The molecule has 0 spiro atoms. The van der Waals surface area contributed by atoms with E-state index in [0.29, 0.717) is 17.5 Å². The Morgan fingerprint density at radius 2 is 1.68 bits per heavy atom. The molecule has 2 heteroatoms. The minimum Gasteiger partial charge on any atom is -0.311 e.